The van der Waals surface area contributed by atoms with E-state index in [0.29, 0.717) is 31.1 Å². The van der Waals surface area contributed by atoms with Gasteiger partial charge in [0.05, 0.1) is 12.8 Å². The molecule has 26 heavy (non-hydrogen) atoms. The lowest BCUT2D eigenvalue weighted by Crippen LogP contribution is -2.30. The Balaban J connectivity index is 1.51. The van der Waals surface area contributed by atoms with Crippen molar-refractivity contribution in [1.82, 2.24) is 10.2 Å². The molecule has 3 aromatic rings. The lowest BCUT2D eigenvalue weighted by Gasteiger charge is -2.20. The van der Waals surface area contributed by atoms with Crippen LogP contribution >= 0.6 is 22.9 Å². The highest BCUT2D eigenvalue weighted by molar-refractivity contribution is 7.09. The number of benzene rings is 1. The lowest BCUT2D eigenvalue weighted by molar-refractivity contribution is -0.121. The number of carbonyl (C=O) groups is 1. The van der Waals surface area contributed by atoms with Crippen LogP contribution in [0.1, 0.15) is 22.6 Å². The average molecular weight is 389 g/mol. The number of nitrogens with zero attached hydrogens (tertiary/aromatic N) is 1. The van der Waals surface area contributed by atoms with Gasteiger partial charge in [-0.1, -0.05) is 35.9 Å². The maximum Gasteiger partial charge on any atom is 0.221 e. The molecule has 3 rings (SSSR count). The predicted molar refractivity (Wildman–Crippen MR) is 105 cm³/mol. The minimum Gasteiger partial charge on any atom is -0.468 e. The minimum absolute atomic E-state index is 0.0144. The largest absolute Gasteiger partial charge is 0.468 e. The zero-order valence-electron chi connectivity index (χ0n) is 14.4. The lowest BCUT2D eigenvalue weighted by atomic mass is 10.2. The number of hydrogen-bond donors (Lipinski definition) is 1. The van der Waals surface area contributed by atoms with Gasteiger partial charge in [0.25, 0.3) is 0 Å². The molecule has 6 heteroatoms. The Morgan fingerprint density at radius 3 is 2.73 bits per heavy atom. The van der Waals surface area contributed by atoms with Gasteiger partial charge in [0.2, 0.25) is 5.91 Å². The molecule has 2 heterocycles. The molecule has 0 radical (unpaired) electrons. The fraction of sp³-hybridized carbons (Fsp3) is 0.250. The maximum absolute atomic E-state index is 12.2. The molecule has 0 fully saturated rings. The van der Waals surface area contributed by atoms with Crippen molar-refractivity contribution in [3.05, 3.63) is 81.4 Å². The van der Waals surface area contributed by atoms with E-state index in [1.165, 1.54) is 4.88 Å². The van der Waals surface area contributed by atoms with Crippen LogP contribution in [0.3, 0.4) is 0 Å². The second kappa shape index (κ2) is 9.57. The molecule has 1 aromatic carbocycles. The molecule has 0 saturated carbocycles. The first-order valence-corrected chi connectivity index (χ1v) is 9.73. The van der Waals surface area contributed by atoms with Crippen LogP contribution < -0.4 is 5.32 Å². The van der Waals surface area contributed by atoms with Crippen molar-refractivity contribution in [2.75, 3.05) is 6.54 Å². The van der Waals surface area contributed by atoms with E-state index >= 15 is 0 Å². The van der Waals surface area contributed by atoms with Gasteiger partial charge in [0, 0.05) is 36.0 Å². The molecule has 0 spiro atoms. The van der Waals surface area contributed by atoms with Gasteiger partial charge < -0.3 is 9.73 Å². The molecule has 1 N–H and O–H groups in total. The van der Waals surface area contributed by atoms with Gasteiger partial charge >= 0.3 is 0 Å². The quantitative estimate of drug-likeness (QED) is 0.577. The number of furan rings is 1. The third-order valence-electron chi connectivity index (χ3n) is 4.01. The van der Waals surface area contributed by atoms with E-state index in [9.17, 15) is 4.79 Å². The molecule has 0 aliphatic rings. The van der Waals surface area contributed by atoms with E-state index in [1.54, 1.807) is 17.6 Å². The van der Waals surface area contributed by atoms with E-state index in [-0.39, 0.29) is 5.91 Å². The Morgan fingerprint density at radius 2 is 2.00 bits per heavy atom. The van der Waals surface area contributed by atoms with Gasteiger partial charge in [-0.15, -0.1) is 11.3 Å². The standard InChI is InChI=1S/C20H21ClN2O2S/c21-19-8-2-1-5-16(19)13-22-20(24)9-10-23(14-17-6-3-11-25-17)15-18-7-4-12-26-18/h1-8,11-12H,9-10,13-15H2,(H,22,24). The van der Waals surface area contributed by atoms with Crippen molar-refractivity contribution in [2.24, 2.45) is 0 Å². The SMILES string of the molecule is O=C(CCN(Cc1ccco1)Cc1cccs1)NCc1ccccc1Cl. The van der Waals surface area contributed by atoms with Crippen LogP contribution in [-0.4, -0.2) is 17.4 Å². The van der Waals surface area contributed by atoms with Gasteiger partial charge in [-0.2, -0.15) is 0 Å². The van der Waals surface area contributed by atoms with Crippen LogP contribution in [0.15, 0.2) is 64.6 Å². The number of hydrogen-bond acceptors (Lipinski definition) is 4. The van der Waals surface area contributed by atoms with Crippen LogP contribution in [0.2, 0.25) is 5.02 Å². The third-order valence-corrected chi connectivity index (χ3v) is 5.24. The third kappa shape index (κ3) is 5.73. The maximum atomic E-state index is 12.2. The molecule has 2 aromatic heterocycles. The summed E-state index contributed by atoms with van der Waals surface area (Å²) in [7, 11) is 0. The van der Waals surface area contributed by atoms with Crippen molar-refractivity contribution in [3.63, 3.8) is 0 Å². The highest BCUT2D eigenvalue weighted by atomic mass is 35.5. The monoisotopic (exact) mass is 388 g/mol. The van der Waals surface area contributed by atoms with E-state index in [4.69, 9.17) is 16.0 Å². The number of nitrogens with one attached hydrogen (secondary N) is 1. The van der Waals surface area contributed by atoms with E-state index < -0.39 is 0 Å². The minimum atomic E-state index is 0.0144. The fourth-order valence-corrected chi connectivity index (χ4v) is 3.59. The molecular weight excluding hydrogens is 368 g/mol. The van der Waals surface area contributed by atoms with Gasteiger partial charge in [-0.25, -0.2) is 0 Å². The Kier molecular flexibility index (Phi) is 6.89. The van der Waals surface area contributed by atoms with Gasteiger partial charge in [0.15, 0.2) is 0 Å². The summed E-state index contributed by atoms with van der Waals surface area (Å²) in [6.45, 7) is 2.59. The summed E-state index contributed by atoms with van der Waals surface area (Å²) < 4.78 is 5.46. The predicted octanol–water partition coefficient (Wildman–Crippen LogP) is 4.70. The van der Waals surface area contributed by atoms with Crippen LogP contribution in [-0.2, 0) is 24.4 Å². The number of carbonyl (C=O) groups excluding carboxylic acids is 1. The van der Waals surface area contributed by atoms with Crippen LogP contribution in [0.5, 0.6) is 0 Å². The summed E-state index contributed by atoms with van der Waals surface area (Å²) in [5.74, 6) is 0.915. The van der Waals surface area contributed by atoms with E-state index in [2.05, 4.69) is 21.7 Å². The Bertz CT molecular complexity index is 767. The van der Waals surface area contributed by atoms with E-state index in [1.807, 2.05) is 42.5 Å². The molecule has 0 aliphatic heterocycles. The molecular formula is C20H21ClN2O2S. The number of rotatable bonds is 9. The number of thiophene rings is 1. The molecule has 0 aliphatic carbocycles. The highest BCUT2D eigenvalue weighted by Gasteiger charge is 2.12. The average Bonchev–Trinajstić information content (AvgIpc) is 3.33. The molecule has 0 bridgehead atoms. The van der Waals surface area contributed by atoms with Crippen molar-refractivity contribution in [2.45, 2.75) is 26.1 Å². The molecule has 0 unspecified atom stereocenters. The summed E-state index contributed by atoms with van der Waals surface area (Å²) in [6.07, 6.45) is 2.10. The van der Waals surface area contributed by atoms with Crippen molar-refractivity contribution in [3.8, 4) is 0 Å². The normalized spacial score (nSPS) is 11.0. The van der Waals surface area contributed by atoms with Gasteiger partial charge in [-0.05, 0) is 35.2 Å². The summed E-state index contributed by atoms with van der Waals surface area (Å²) in [4.78, 5) is 15.7. The first-order valence-electron chi connectivity index (χ1n) is 8.48. The first kappa shape index (κ1) is 18.7. The summed E-state index contributed by atoms with van der Waals surface area (Å²) in [6, 6.07) is 15.5. The Morgan fingerprint density at radius 1 is 1.12 bits per heavy atom. The summed E-state index contributed by atoms with van der Waals surface area (Å²) in [5, 5.41) is 5.68. The topological polar surface area (TPSA) is 45.5 Å². The van der Waals surface area contributed by atoms with Crippen LogP contribution in [0.25, 0.3) is 0 Å². The zero-order chi connectivity index (χ0) is 18.2. The second-order valence-electron chi connectivity index (χ2n) is 5.99. The highest BCUT2D eigenvalue weighted by Crippen LogP contribution is 2.16. The van der Waals surface area contributed by atoms with E-state index in [0.717, 1.165) is 17.9 Å². The number of halogens is 1. The van der Waals surface area contributed by atoms with Crippen LogP contribution in [0, 0.1) is 0 Å². The molecule has 136 valence electrons. The molecule has 0 atom stereocenters. The van der Waals surface area contributed by atoms with Crippen molar-refractivity contribution >= 4 is 28.8 Å². The summed E-state index contributed by atoms with van der Waals surface area (Å²) in [5.41, 5.74) is 0.925. The summed E-state index contributed by atoms with van der Waals surface area (Å²) >= 11 is 7.85. The molecule has 0 saturated heterocycles. The van der Waals surface area contributed by atoms with Crippen molar-refractivity contribution in [1.29, 1.82) is 0 Å². The number of amides is 1. The smallest absolute Gasteiger partial charge is 0.221 e. The van der Waals surface area contributed by atoms with Gasteiger partial charge in [-0.3, -0.25) is 9.69 Å². The fourth-order valence-electron chi connectivity index (χ4n) is 2.64. The van der Waals surface area contributed by atoms with Gasteiger partial charge in [0.1, 0.15) is 5.76 Å². The second-order valence-corrected chi connectivity index (χ2v) is 7.43. The Labute approximate surface area is 162 Å². The molecule has 4 nitrogen and oxygen atoms in total. The van der Waals surface area contributed by atoms with Crippen molar-refractivity contribution < 1.29 is 9.21 Å². The first-order chi connectivity index (χ1) is 12.7. The molecule has 1 amide bonds. The van der Waals surface area contributed by atoms with Crippen LogP contribution in [0.4, 0.5) is 0 Å². The zero-order valence-corrected chi connectivity index (χ0v) is 15.9. The Hall–Kier alpha value is -2.08.